The molecule has 0 spiro atoms. The second-order valence-electron chi connectivity index (χ2n) is 6.42. The molecule has 2 amide bonds. The zero-order valence-corrected chi connectivity index (χ0v) is 12.9. The number of nitrogens with one attached hydrogen (secondary N) is 2. The van der Waals surface area contributed by atoms with Gasteiger partial charge >= 0.3 is 12.0 Å². The molecule has 3 unspecified atom stereocenters. The average Bonchev–Trinajstić information content (AvgIpc) is 2.42. The van der Waals surface area contributed by atoms with E-state index in [1.165, 1.54) is 25.7 Å². The largest absolute Gasteiger partial charge is 0.481 e. The number of carbonyl (C=O) groups is 2. The Balaban J connectivity index is 2.28. The van der Waals surface area contributed by atoms with Crippen LogP contribution in [0.5, 0.6) is 0 Å². The molecule has 0 aromatic heterocycles. The van der Waals surface area contributed by atoms with E-state index in [4.69, 9.17) is 5.11 Å². The van der Waals surface area contributed by atoms with Crippen molar-refractivity contribution in [2.75, 3.05) is 13.1 Å². The number of rotatable bonds is 6. The fraction of sp³-hybridized carbons (Fsp3) is 0.867. The second kappa shape index (κ2) is 7.50. The first-order valence-electron chi connectivity index (χ1n) is 7.62. The van der Waals surface area contributed by atoms with Gasteiger partial charge in [-0.2, -0.15) is 0 Å². The van der Waals surface area contributed by atoms with E-state index in [0.29, 0.717) is 18.9 Å². The van der Waals surface area contributed by atoms with Gasteiger partial charge in [0.2, 0.25) is 0 Å². The molecule has 0 saturated heterocycles. The van der Waals surface area contributed by atoms with Crippen LogP contribution >= 0.6 is 0 Å². The summed E-state index contributed by atoms with van der Waals surface area (Å²) in [6.07, 6.45) is 5.36. The van der Waals surface area contributed by atoms with Crippen molar-refractivity contribution < 1.29 is 14.7 Å². The molecular weight excluding hydrogens is 256 g/mol. The van der Waals surface area contributed by atoms with Crippen molar-refractivity contribution in [3.63, 3.8) is 0 Å². The molecule has 0 heterocycles. The summed E-state index contributed by atoms with van der Waals surface area (Å²) in [6.45, 7) is 6.57. The summed E-state index contributed by atoms with van der Waals surface area (Å²) in [6, 6.07) is -0.260. The second-order valence-corrected chi connectivity index (χ2v) is 6.42. The highest BCUT2D eigenvalue weighted by molar-refractivity contribution is 5.77. The standard InChI is InChI=1S/C15H28N2O3/c1-4-15(3,13(18)19)10-17-14(20)16-9-12-7-5-6-11(2)8-12/h11-12H,4-10H2,1-3H3,(H,18,19)(H2,16,17,20). The minimum atomic E-state index is -0.892. The number of amides is 2. The highest BCUT2D eigenvalue weighted by atomic mass is 16.4. The van der Waals surface area contributed by atoms with Gasteiger partial charge in [0, 0.05) is 13.1 Å². The molecule has 1 fully saturated rings. The smallest absolute Gasteiger partial charge is 0.314 e. The Morgan fingerprint density at radius 2 is 2.00 bits per heavy atom. The van der Waals surface area contributed by atoms with Crippen LogP contribution in [0.15, 0.2) is 0 Å². The fourth-order valence-corrected chi connectivity index (χ4v) is 2.67. The molecule has 1 aliphatic rings. The molecule has 3 N–H and O–H groups in total. The molecule has 20 heavy (non-hydrogen) atoms. The first-order chi connectivity index (χ1) is 9.37. The SMILES string of the molecule is CCC(C)(CNC(=O)NCC1CCCC(C)C1)C(=O)O. The van der Waals surface area contributed by atoms with Gasteiger partial charge in [-0.15, -0.1) is 0 Å². The van der Waals surface area contributed by atoms with Crippen molar-refractivity contribution in [3.8, 4) is 0 Å². The molecule has 1 rings (SSSR count). The molecule has 0 aromatic rings. The van der Waals surface area contributed by atoms with Crippen LogP contribution in [0.4, 0.5) is 4.79 Å². The van der Waals surface area contributed by atoms with Gasteiger partial charge in [0.15, 0.2) is 0 Å². The van der Waals surface area contributed by atoms with E-state index < -0.39 is 11.4 Å². The van der Waals surface area contributed by atoms with Crippen LogP contribution in [0, 0.1) is 17.3 Å². The number of carboxylic acids is 1. The van der Waals surface area contributed by atoms with Gasteiger partial charge in [-0.3, -0.25) is 4.79 Å². The summed E-state index contributed by atoms with van der Waals surface area (Å²) in [5.41, 5.74) is -0.892. The van der Waals surface area contributed by atoms with Crippen molar-refractivity contribution >= 4 is 12.0 Å². The third-order valence-electron chi connectivity index (χ3n) is 4.53. The highest BCUT2D eigenvalue weighted by Crippen LogP contribution is 2.27. The van der Waals surface area contributed by atoms with Gasteiger partial charge in [0.1, 0.15) is 0 Å². The topological polar surface area (TPSA) is 78.4 Å². The Bertz CT molecular complexity index is 346. The van der Waals surface area contributed by atoms with E-state index >= 15 is 0 Å². The molecule has 0 radical (unpaired) electrons. The zero-order valence-electron chi connectivity index (χ0n) is 12.9. The first-order valence-corrected chi connectivity index (χ1v) is 7.62. The van der Waals surface area contributed by atoms with E-state index in [1.54, 1.807) is 6.92 Å². The molecule has 1 aliphatic carbocycles. The molecule has 0 aliphatic heterocycles. The first kappa shape index (κ1) is 16.8. The molecule has 5 heteroatoms. The molecule has 0 bridgehead atoms. The fourth-order valence-electron chi connectivity index (χ4n) is 2.67. The quantitative estimate of drug-likeness (QED) is 0.701. The summed E-state index contributed by atoms with van der Waals surface area (Å²) in [7, 11) is 0. The van der Waals surface area contributed by atoms with Crippen LogP contribution in [-0.2, 0) is 4.79 Å². The van der Waals surface area contributed by atoms with Crippen molar-refractivity contribution in [2.45, 2.75) is 52.9 Å². The maximum atomic E-state index is 11.7. The number of hydrogen-bond donors (Lipinski definition) is 3. The number of aliphatic carboxylic acids is 1. The van der Waals surface area contributed by atoms with Crippen LogP contribution in [0.2, 0.25) is 0 Å². The molecule has 116 valence electrons. The summed E-state index contributed by atoms with van der Waals surface area (Å²) in [4.78, 5) is 22.9. The highest BCUT2D eigenvalue weighted by Gasteiger charge is 2.31. The predicted octanol–water partition coefficient (Wildman–Crippen LogP) is 2.61. The zero-order chi connectivity index (χ0) is 15.2. The summed E-state index contributed by atoms with van der Waals surface area (Å²) < 4.78 is 0. The van der Waals surface area contributed by atoms with Gasteiger partial charge < -0.3 is 15.7 Å². The van der Waals surface area contributed by atoms with Gasteiger partial charge in [-0.05, 0) is 38.0 Å². The molecule has 1 saturated carbocycles. The molecule has 5 nitrogen and oxygen atoms in total. The lowest BCUT2D eigenvalue weighted by molar-refractivity contribution is -0.147. The maximum absolute atomic E-state index is 11.7. The third kappa shape index (κ3) is 5.02. The van der Waals surface area contributed by atoms with Crippen LogP contribution in [-0.4, -0.2) is 30.2 Å². The Morgan fingerprint density at radius 1 is 1.30 bits per heavy atom. The predicted molar refractivity (Wildman–Crippen MR) is 78.6 cm³/mol. The Morgan fingerprint density at radius 3 is 2.55 bits per heavy atom. The van der Waals surface area contributed by atoms with Gasteiger partial charge in [-0.1, -0.05) is 26.7 Å². The Hall–Kier alpha value is -1.26. The third-order valence-corrected chi connectivity index (χ3v) is 4.53. The summed E-state index contributed by atoms with van der Waals surface area (Å²) in [5, 5.41) is 14.7. The molecule has 3 atom stereocenters. The number of hydrogen-bond acceptors (Lipinski definition) is 2. The minimum Gasteiger partial charge on any atom is -0.481 e. The van der Waals surface area contributed by atoms with Crippen LogP contribution < -0.4 is 10.6 Å². The number of urea groups is 1. The van der Waals surface area contributed by atoms with Gasteiger partial charge in [0.05, 0.1) is 5.41 Å². The normalized spacial score (nSPS) is 25.6. The van der Waals surface area contributed by atoms with Crippen molar-refractivity contribution in [1.82, 2.24) is 10.6 Å². The lowest BCUT2D eigenvalue weighted by Gasteiger charge is -2.27. The van der Waals surface area contributed by atoms with Crippen molar-refractivity contribution in [2.24, 2.45) is 17.3 Å². The van der Waals surface area contributed by atoms with E-state index in [9.17, 15) is 9.59 Å². The average molecular weight is 284 g/mol. The van der Waals surface area contributed by atoms with E-state index in [1.807, 2.05) is 6.92 Å². The van der Waals surface area contributed by atoms with Gasteiger partial charge in [-0.25, -0.2) is 4.79 Å². The number of carboxylic acid groups (broad SMARTS) is 1. The van der Waals surface area contributed by atoms with E-state index in [0.717, 1.165) is 5.92 Å². The number of carbonyl (C=O) groups excluding carboxylic acids is 1. The van der Waals surface area contributed by atoms with Crippen LogP contribution in [0.25, 0.3) is 0 Å². The molecule has 0 aromatic carbocycles. The monoisotopic (exact) mass is 284 g/mol. The van der Waals surface area contributed by atoms with Crippen molar-refractivity contribution in [1.29, 1.82) is 0 Å². The minimum absolute atomic E-state index is 0.158. The lowest BCUT2D eigenvalue weighted by Crippen LogP contribution is -2.45. The Labute approximate surface area is 121 Å². The molecular formula is C15H28N2O3. The maximum Gasteiger partial charge on any atom is 0.314 e. The van der Waals surface area contributed by atoms with Gasteiger partial charge in [0.25, 0.3) is 0 Å². The lowest BCUT2D eigenvalue weighted by atomic mass is 9.82. The van der Waals surface area contributed by atoms with E-state index in [2.05, 4.69) is 17.6 Å². The summed E-state index contributed by atoms with van der Waals surface area (Å²) in [5.74, 6) is 0.428. The Kier molecular flexibility index (Phi) is 6.30. The van der Waals surface area contributed by atoms with Crippen LogP contribution in [0.1, 0.15) is 52.9 Å². The van der Waals surface area contributed by atoms with Crippen LogP contribution in [0.3, 0.4) is 0 Å². The van der Waals surface area contributed by atoms with E-state index in [-0.39, 0.29) is 12.6 Å². The summed E-state index contributed by atoms with van der Waals surface area (Å²) >= 11 is 0. The van der Waals surface area contributed by atoms with Crippen molar-refractivity contribution in [3.05, 3.63) is 0 Å².